The molecule has 0 bridgehead atoms. The molecule has 0 saturated heterocycles. The lowest BCUT2D eigenvalue weighted by Crippen LogP contribution is -2.23. The molecular formula is C8H8F3NO2. The average molecular weight is 207 g/mol. The molecule has 1 aliphatic heterocycles. The predicted molar refractivity (Wildman–Crippen MR) is 43.1 cm³/mol. The molecule has 14 heavy (non-hydrogen) atoms. The molecule has 0 amide bonds. The Bertz CT molecular complexity index is 304. The van der Waals surface area contributed by atoms with Crippen LogP contribution in [-0.4, -0.2) is 23.0 Å². The number of hydrogen-bond donors (Lipinski definition) is 1. The molecule has 0 aromatic carbocycles. The van der Waals surface area contributed by atoms with Crippen molar-refractivity contribution in [2.24, 2.45) is 4.99 Å². The van der Waals surface area contributed by atoms with E-state index in [1.54, 1.807) is 0 Å². The lowest BCUT2D eigenvalue weighted by Gasteiger charge is -2.07. The van der Waals surface area contributed by atoms with E-state index in [9.17, 15) is 18.0 Å². The summed E-state index contributed by atoms with van der Waals surface area (Å²) in [7, 11) is 0. The molecule has 0 fully saturated rings. The van der Waals surface area contributed by atoms with Crippen molar-refractivity contribution in [2.75, 3.05) is 0 Å². The van der Waals surface area contributed by atoms with Gasteiger partial charge in [-0.15, -0.1) is 0 Å². The predicted octanol–water partition coefficient (Wildman–Crippen LogP) is 2.14. The van der Waals surface area contributed by atoms with Gasteiger partial charge in [0.25, 0.3) is 0 Å². The third-order valence-electron chi connectivity index (χ3n) is 1.76. The van der Waals surface area contributed by atoms with Gasteiger partial charge in [0, 0.05) is 0 Å². The molecule has 3 nitrogen and oxygen atoms in total. The number of halogens is 3. The van der Waals surface area contributed by atoms with Gasteiger partial charge in [0.1, 0.15) is 11.4 Å². The number of carboxylic acids is 1. The first-order valence-corrected chi connectivity index (χ1v) is 3.99. The van der Waals surface area contributed by atoms with E-state index < -0.39 is 23.6 Å². The van der Waals surface area contributed by atoms with Crippen molar-refractivity contribution < 1.29 is 23.1 Å². The molecule has 0 aliphatic carbocycles. The van der Waals surface area contributed by atoms with Crippen molar-refractivity contribution in [3.05, 3.63) is 11.8 Å². The summed E-state index contributed by atoms with van der Waals surface area (Å²) in [5.74, 6) is -1.42. The minimum Gasteiger partial charge on any atom is -0.477 e. The second-order valence-corrected chi connectivity index (χ2v) is 2.84. The summed E-state index contributed by atoms with van der Waals surface area (Å²) >= 11 is 0. The Hall–Kier alpha value is -1.33. The van der Waals surface area contributed by atoms with E-state index in [0.29, 0.717) is 6.42 Å². The van der Waals surface area contributed by atoms with Gasteiger partial charge < -0.3 is 5.11 Å². The molecule has 0 aromatic rings. The number of carboxylic acid groups (broad SMARTS) is 1. The molecule has 0 aromatic heterocycles. The van der Waals surface area contributed by atoms with Crippen LogP contribution in [0.15, 0.2) is 16.8 Å². The Morgan fingerprint density at radius 1 is 1.50 bits per heavy atom. The highest BCUT2D eigenvalue weighted by Crippen LogP contribution is 2.24. The maximum absolute atomic E-state index is 12.2. The van der Waals surface area contributed by atoms with Crippen molar-refractivity contribution in [3.8, 4) is 0 Å². The fraction of sp³-hybridized carbons (Fsp3) is 0.500. The molecule has 1 heterocycles. The molecule has 1 rings (SSSR count). The minimum atomic E-state index is -4.53. The third kappa shape index (κ3) is 2.58. The summed E-state index contributed by atoms with van der Waals surface area (Å²) in [5, 5.41) is 8.50. The lowest BCUT2D eigenvalue weighted by atomic mass is 10.2. The van der Waals surface area contributed by atoms with E-state index >= 15 is 0 Å². The van der Waals surface area contributed by atoms with E-state index in [0.717, 1.165) is 0 Å². The van der Waals surface area contributed by atoms with Crippen LogP contribution in [0.4, 0.5) is 13.2 Å². The Balaban J connectivity index is 2.98. The number of rotatable bonds is 1. The highest BCUT2D eigenvalue weighted by Gasteiger charge is 2.36. The standard InChI is InChI=1S/C8H8F3NO2/c9-8(10,11)6-4-2-1-3-5(12-6)7(13)14/h3H,1-2,4H2,(H,13,14). The summed E-state index contributed by atoms with van der Waals surface area (Å²) in [6.45, 7) is 0. The van der Waals surface area contributed by atoms with Crippen LogP contribution >= 0.6 is 0 Å². The van der Waals surface area contributed by atoms with Gasteiger partial charge in [-0.1, -0.05) is 6.08 Å². The van der Waals surface area contributed by atoms with Crippen LogP contribution in [0.2, 0.25) is 0 Å². The quantitative estimate of drug-likeness (QED) is 0.716. The molecule has 0 atom stereocenters. The Kier molecular flexibility index (Phi) is 2.93. The highest BCUT2D eigenvalue weighted by atomic mass is 19.4. The molecular weight excluding hydrogens is 199 g/mol. The monoisotopic (exact) mass is 207 g/mol. The number of hydrogen-bond acceptors (Lipinski definition) is 2. The first-order chi connectivity index (χ1) is 6.41. The van der Waals surface area contributed by atoms with Crippen molar-refractivity contribution in [1.82, 2.24) is 0 Å². The molecule has 0 spiro atoms. The largest absolute Gasteiger partial charge is 0.477 e. The molecule has 0 saturated carbocycles. The zero-order chi connectivity index (χ0) is 10.8. The van der Waals surface area contributed by atoms with E-state index in [1.165, 1.54) is 6.08 Å². The van der Waals surface area contributed by atoms with E-state index in [1.807, 2.05) is 0 Å². The first kappa shape index (κ1) is 10.7. The number of carbonyl (C=O) groups is 1. The summed E-state index contributed by atoms with van der Waals surface area (Å²) in [6, 6.07) is 0. The number of aliphatic carboxylic acids is 1. The van der Waals surface area contributed by atoms with Crippen LogP contribution in [0.25, 0.3) is 0 Å². The van der Waals surface area contributed by atoms with E-state index in [4.69, 9.17) is 5.11 Å². The summed E-state index contributed by atoms with van der Waals surface area (Å²) in [6.07, 6.45) is -2.96. The lowest BCUT2D eigenvalue weighted by molar-refractivity contribution is -0.132. The fourth-order valence-electron chi connectivity index (χ4n) is 1.10. The van der Waals surface area contributed by atoms with Gasteiger partial charge in [-0.05, 0) is 19.3 Å². The Morgan fingerprint density at radius 2 is 2.14 bits per heavy atom. The molecule has 0 radical (unpaired) electrons. The maximum atomic E-state index is 12.2. The second kappa shape index (κ2) is 3.81. The zero-order valence-corrected chi connectivity index (χ0v) is 7.14. The summed E-state index contributed by atoms with van der Waals surface area (Å²) in [4.78, 5) is 13.5. The topological polar surface area (TPSA) is 49.7 Å². The van der Waals surface area contributed by atoms with E-state index in [2.05, 4.69) is 4.99 Å². The van der Waals surface area contributed by atoms with Crippen molar-refractivity contribution in [1.29, 1.82) is 0 Å². The Morgan fingerprint density at radius 3 is 2.64 bits per heavy atom. The number of allylic oxidation sites excluding steroid dienone is 1. The van der Waals surface area contributed by atoms with Crippen LogP contribution in [0.3, 0.4) is 0 Å². The van der Waals surface area contributed by atoms with Crippen molar-refractivity contribution in [2.45, 2.75) is 25.4 Å². The smallest absolute Gasteiger partial charge is 0.429 e. The van der Waals surface area contributed by atoms with Gasteiger partial charge in [0.05, 0.1) is 0 Å². The van der Waals surface area contributed by atoms with Gasteiger partial charge in [0.2, 0.25) is 0 Å². The SMILES string of the molecule is O=C(O)C1=CCCCC(C(F)(F)F)=N1. The number of nitrogens with zero attached hydrogens (tertiary/aromatic N) is 1. The highest BCUT2D eigenvalue weighted by molar-refractivity contribution is 5.96. The van der Waals surface area contributed by atoms with Gasteiger partial charge >= 0.3 is 12.1 Å². The van der Waals surface area contributed by atoms with Crippen LogP contribution in [0.5, 0.6) is 0 Å². The van der Waals surface area contributed by atoms with Crippen LogP contribution in [0, 0.1) is 0 Å². The van der Waals surface area contributed by atoms with Gasteiger partial charge in [-0.25, -0.2) is 9.79 Å². The number of alkyl halides is 3. The summed E-state index contributed by atoms with van der Waals surface area (Å²) in [5.41, 5.74) is -1.53. The first-order valence-electron chi connectivity index (χ1n) is 3.99. The van der Waals surface area contributed by atoms with Crippen LogP contribution in [-0.2, 0) is 4.79 Å². The molecule has 1 aliphatic rings. The Labute approximate surface area is 77.9 Å². The van der Waals surface area contributed by atoms with Gasteiger partial charge in [0.15, 0.2) is 0 Å². The average Bonchev–Trinajstić information content (AvgIpc) is 2.26. The van der Waals surface area contributed by atoms with Crippen LogP contribution in [0.1, 0.15) is 19.3 Å². The zero-order valence-electron chi connectivity index (χ0n) is 7.14. The van der Waals surface area contributed by atoms with E-state index in [-0.39, 0.29) is 12.8 Å². The number of aliphatic imine (C=N–C) groups is 1. The minimum absolute atomic E-state index is 0.225. The molecule has 78 valence electrons. The molecule has 6 heteroatoms. The van der Waals surface area contributed by atoms with Crippen molar-refractivity contribution in [3.63, 3.8) is 0 Å². The van der Waals surface area contributed by atoms with Crippen molar-refractivity contribution >= 4 is 11.7 Å². The maximum Gasteiger partial charge on any atom is 0.429 e. The van der Waals surface area contributed by atoms with Crippen LogP contribution < -0.4 is 0 Å². The normalized spacial score (nSPS) is 18.2. The summed E-state index contributed by atoms with van der Waals surface area (Å²) < 4.78 is 36.6. The van der Waals surface area contributed by atoms with Gasteiger partial charge in [-0.2, -0.15) is 13.2 Å². The third-order valence-corrected chi connectivity index (χ3v) is 1.76. The molecule has 1 N–H and O–H groups in total. The fourth-order valence-corrected chi connectivity index (χ4v) is 1.10. The second-order valence-electron chi connectivity index (χ2n) is 2.84. The van der Waals surface area contributed by atoms with Gasteiger partial charge in [-0.3, -0.25) is 0 Å². The molecule has 0 unspecified atom stereocenters.